The highest BCUT2D eigenvalue weighted by Crippen LogP contribution is 2.37. The Balaban J connectivity index is -0.00000112. The van der Waals surface area contributed by atoms with Gasteiger partial charge < -0.3 is 61.5 Å². The first-order chi connectivity index (χ1) is 33.6. The summed E-state index contributed by atoms with van der Waals surface area (Å²) in [5, 5.41) is 76.7. The molecule has 0 saturated heterocycles. The number of carbonyl (C=O) groups is 6. The van der Waals surface area contributed by atoms with Crippen molar-refractivity contribution in [1.82, 2.24) is 21.4 Å². The molecule has 0 radical (unpaired) electrons. The molecule has 0 bridgehead atoms. The molecule has 0 heterocycles. The number of carbonyl (C=O) groups excluding carboxylic acids is 6. The zero-order chi connectivity index (χ0) is 57.0. The topological polar surface area (TPSA) is 308 Å². The number of nitrogens with zero attached hydrogens (tertiary/aromatic N) is 2. The molecule has 0 aliphatic carbocycles. The van der Waals surface area contributed by atoms with Crippen molar-refractivity contribution >= 4 is 46.8 Å². The number of amides is 6. The van der Waals surface area contributed by atoms with Crippen LogP contribution in [0.1, 0.15) is 172 Å². The number of benzene rings is 2. The monoisotopic (exact) mass is 1010 g/mol. The van der Waals surface area contributed by atoms with Gasteiger partial charge in [-0.05, 0) is 74.9 Å². The molecule has 2 rings (SSSR count). The Kier molecular flexibility index (Phi) is 43.8. The summed E-state index contributed by atoms with van der Waals surface area (Å²) in [5.41, 5.74) is 3.28. The van der Waals surface area contributed by atoms with Crippen molar-refractivity contribution in [3.05, 3.63) is 55.6 Å². The van der Waals surface area contributed by atoms with E-state index < -0.39 is 92.8 Å². The second-order valence-corrected chi connectivity index (χ2v) is 14.1. The highest BCUT2D eigenvalue weighted by Gasteiger charge is 2.33. The number of hydrogen-bond donors (Lipinski definition) is 11. The zero-order valence-electron chi connectivity index (χ0n) is 46.8. The Morgan fingerprint density at radius 3 is 0.845 bits per heavy atom. The number of aliphatic hydroxyl groups is 7. The van der Waals surface area contributed by atoms with Gasteiger partial charge in [-0.2, -0.15) is 0 Å². The van der Waals surface area contributed by atoms with Crippen LogP contribution >= 0.6 is 0 Å². The van der Waals surface area contributed by atoms with E-state index in [-0.39, 0.29) is 86.6 Å². The molecule has 4 atom stereocenters. The second-order valence-electron chi connectivity index (χ2n) is 14.1. The van der Waals surface area contributed by atoms with Crippen LogP contribution in [0, 0.1) is 41.5 Å². The summed E-state index contributed by atoms with van der Waals surface area (Å²) < 4.78 is 0. The van der Waals surface area contributed by atoms with E-state index in [0.29, 0.717) is 0 Å². The van der Waals surface area contributed by atoms with Gasteiger partial charge in [0.15, 0.2) is 0 Å². The van der Waals surface area contributed by atoms with Gasteiger partial charge in [-0.1, -0.05) is 83.1 Å². The molecule has 2 aromatic carbocycles. The number of hydroxylamine groups is 1. The lowest BCUT2D eigenvalue weighted by Crippen LogP contribution is -2.45. The normalized spacial score (nSPS) is 11.4. The van der Waals surface area contributed by atoms with Crippen molar-refractivity contribution in [1.29, 1.82) is 0 Å². The lowest BCUT2D eigenvalue weighted by molar-refractivity contribution is -0.117. The summed E-state index contributed by atoms with van der Waals surface area (Å²) in [5.74, 6) is -4.33. The molecule has 20 nitrogen and oxygen atoms in total. The van der Waals surface area contributed by atoms with Crippen LogP contribution in [0.15, 0.2) is 0 Å². The van der Waals surface area contributed by atoms with Crippen LogP contribution in [-0.4, -0.2) is 155 Å². The molecule has 0 saturated carbocycles. The second kappa shape index (κ2) is 41.5. The average Bonchev–Trinajstić information content (AvgIpc) is 3.36. The van der Waals surface area contributed by atoms with Gasteiger partial charge in [0.2, 0.25) is 11.8 Å². The molecule has 412 valence electrons. The average molecular weight is 1020 g/mol. The largest absolute Gasteiger partial charge is 0.394 e. The summed E-state index contributed by atoms with van der Waals surface area (Å²) in [7, 11) is 1.20. The fourth-order valence-corrected chi connectivity index (χ4v) is 7.05. The standard InChI is InChI=1S/C39H58N6O14.6C2H6/c1-18-30(36(55)40-10-26(51)15-46)20(3)34(21(4)31(18)37(56)41-11-27(52)16-47)44(24(7)49)13-29(54)14-45(25(8)50)35-22(5)32(38(57)42-12-28(53)17-48)19(2)33(23(35)6)39(58)43-59-9;6*1-2/h26-29,46-48,51-54H,10-17H2,1-9H3,(H,40,55)(H,41,56)(H,42,57)(H,43,58);6*1-2H3. The van der Waals surface area contributed by atoms with Crippen molar-refractivity contribution in [2.24, 2.45) is 0 Å². The Morgan fingerprint density at radius 2 is 0.648 bits per heavy atom. The van der Waals surface area contributed by atoms with Crippen molar-refractivity contribution in [2.75, 3.05) is 69.5 Å². The fraction of sp³-hybridized carbons (Fsp3) is 0.647. The van der Waals surface area contributed by atoms with Crippen molar-refractivity contribution in [3.8, 4) is 0 Å². The summed E-state index contributed by atoms with van der Waals surface area (Å²) in [6.45, 7) is 31.4. The quantitative estimate of drug-likeness (QED) is 0.0836. The van der Waals surface area contributed by atoms with E-state index >= 15 is 0 Å². The van der Waals surface area contributed by atoms with E-state index in [1.165, 1.54) is 62.5 Å². The highest BCUT2D eigenvalue weighted by molar-refractivity contribution is 6.09. The van der Waals surface area contributed by atoms with Gasteiger partial charge in [0.05, 0.1) is 81.4 Å². The molecular weight excluding hydrogens is 921 g/mol. The maximum absolute atomic E-state index is 13.6. The molecule has 2 aromatic rings. The molecule has 20 heteroatoms. The fourth-order valence-electron chi connectivity index (χ4n) is 7.05. The number of anilines is 2. The molecule has 11 N–H and O–H groups in total. The Morgan fingerprint density at radius 1 is 0.423 bits per heavy atom. The third-order valence-corrected chi connectivity index (χ3v) is 9.74. The van der Waals surface area contributed by atoms with E-state index in [9.17, 15) is 64.5 Å². The molecule has 0 fully saturated rings. The Hall–Kier alpha value is -5.06. The number of nitrogens with one attached hydrogen (secondary N) is 4. The summed E-state index contributed by atoms with van der Waals surface area (Å²) in [4.78, 5) is 88.1. The van der Waals surface area contributed by atoms with E-state index in [1.807, 2.05) is 83.1 Å². The Labute approximate surface area is 424 Å². The van der Waals surface area contributed by atoms with Crippen LogP contribution < -0.4 is 31.2 Å². The zero-order valence-corrected chi connectivity index (χ0v) is 46.8. The van der Waals surface area contributed by atoms with Gasteiger partial charge >= 0.3 is 0 Å². The van der Waals surface area contributed by atoms with E-state index in [2.05, 4.69) is 21.4 Å². The molecule has 6 amide bonds. The van der Waals surface area contributed by atoms with Crippen molar-refractivity contribution < 1.29 is 69.4 Å². The minimum absolute atomic E-state index is 0.0352. The number of hydrogen-bond acceptors (Lipinski definition) is 14. The highest BCUT2D eigenvalue weighted by atomic mass is 16.6. The van der Waals surface area contributed by atoms with E-state index in [0.717, 1.165) is 9.80 Å². The molecule has 0 aliphatic rings. The predicted octanol–water partition coefficient (Wildman–Crippen LogP) is 4.00. The van der Waals surface area contributed by atoms with Crippen molar-refractivity contribution in [2.45, 2.75) is 163 Å². The first-order valence-electron chi connectivity index (χ1n) is 24.7. The van der Waals surface area contributed by atoms with Gasteiger partial charge in [0.25, 0.3) is 23.6 Å². The third kappa shape index (κ3) is 22.5. The molecule has 71 heavy (non-hydrogen) atoms. The molecule has 0 spiro atoms. The van der Waals surface area contributed by atoms with Gasteiger partial charge in [-0.25, -0.2) is 5.48 Å². The lowest BCUT2D eigenvalue weighted by atomic mass is 9.89. The lowest BCUT2D eigenvalue weighted by Gasteiger charge is -2.33. The third-order valence-electron chi connectivity index (χ3n) is 9.74. The predicted molar refractivity (Wildman–Crippen MR) is 282 cm³/mol. The van der Waals surface area contributed by atoms with Crippen LogP contribution in [-0.2, 0) is 14.4 Å². The van der Waals surface area contributed by atoms with Crippen LogP contribution in [0.5, 0.6) is 0 Å². The van der Waals surface area contributed by atoms with Gasteiger partial charge in [-0.3, -0.25) is 33.6 Å². The summed E-state index contributed by atoms with van der Waals surface area (Å²) in [6, 6.07) is 0. The molecule has 0 aliphatic heterocycles. The van der Waals surface area contributed by atoms with Gasteiger partial charge in [0.1, 0.15) is 0 Å². The van der Waals surface area contributed by atoms with Crippen LogP contribution in [0.2, 0.25) is 0 Å². The Bertz CT molecular complexity index is 1860. The molecule has 0 aromatic heterocycles. The minimum atomic E-state index is -1.56. The minimum Gasteiger partial charge on any atom is -0.394 e. The van der Waals surface area contributed by atoms with Crippen LogP contribution in [0.3, 0.4) is 0 Å². The maximum atomic E-state index is 13.6. The van der Waals surface area contributed by atoms with Crippen LogP contribution in [0.4, 0.5) is 11.4 Å². The number of rotatable bonds is 20. The van der Waals surface area contributed by atoms with E-state index in [1.54, 1.807) is 0 Å². The number of aliphatic hydroxyl groups excluding tert-OH is 7. The van der Waals surface area contributed by atoms with Gasteiger partial charge in [0, 0.05) is 50.2 Å². The first-order valence-corrected chi connectivity index (χ1v) is 24.7. The first kappa shape index (κ1) is 74.9. The van der Waals surface area contributed by atoms with Gasteiger partial charge in [-0.15, -0.1) is 0 Å². The SMILES string of the molecule is CC.CC.CC.CC.CC.CC.CONC(=O)c1c(C)c(C(=O)NCC(O)CO)c(C)c(N(CC(O)CN(C(C)=O)c2c(C)c(C(=O)NCC(O)CO)c(C)c(C(=O)NCC(O)CO)c2C)C(C)=O)c1C. The summed E-state index contributed by atoms with van der Waals surface area (Å²) >= 11 is 0. The summed E-state index contributed by atoms with van der Waals surface area (Å²) in [6.07, 6.45) is -5.47. The van der Waals surface area contributed by atoms with Crippen LogP contribution in [0.25, 0.3) is 0 Å². The maximum Gasteiger partial charge on any atom is 0.275 e. The molecule has 4 unspecified atom stereocenters. The van der Waals surface area contributed by atoms with Crippen molar-refractivity contribution in [3.63, 3.8) is 0 Å². The smallest absolute Gasteiger partial charge is 0.275 e. The molecular formula is C51H94N6O14. The van der Waals surface area contributed by atoms with E-state index in [4.69, 9.17) is 4.84 Å².